The molecule has 1 aromatic rings. The van der Waals surface area contributed by atoms with Crippen molar-refractivity contribution in [3.63, 3.8) is 0 Å². The molecule has 1 aliphatic rings. The normalized spacial score (nSPS) is 28.4. The summed E-state index contributed by atoms with van der Waals surface area (Å²) in [6.45, 7) is 4.49. The molecule has 0 aromatic heterocycles. The summed E-state index contributed by atoms with van der Waals surface area (Å²) < 4.78 is 13.8. The monoisotopic (exact) mass is 334 g/mol. The van der Waals surface area contributed by atoms with E-state index in [-0.39, 0.29) is 11.9 Å². The van der Waals surface area contributed by atoms with Crippen LogP contribution in [0.1, 0.15) is 19.4 Å². The Morgan fingerprint density at radius 1 is 1.45 bits per heavy atom. The first-order valence-electron chi connectivity index (χ1n) is 6.68. The van der Waals surface area contributed by atoms with Gasteiger partial charge < -0.3 is 0 Å². The molecule has 20 heavy (non-hydrogen) atoms. The van der Waals surface area contributed by atoms with Gasteiger partial charge in [0.15, 0.2) is 0 Å². The van der Waals surface area contributed by atoms with Gasteiger partial charge in [-0.05, 0) is 30.2 Å². The first-order chi connectivity index (χ1) is 9.51. The zero-order valence-electron chi connectivity index (χ0n) is 11.6. The van der Waals surface area contributed by atoms with Crippen molar-refractivity contribution < 1.29 is 4.39 Å². The SMILES string of the molecule is CC1SCC(C(Cc2cc(Cl)ccc2F)NN)SC1C. The molecule has 1 heterocycles. The van der Waals surface area contributed by atoms with Crippen LogP contribution in [-0.2, 0) is 6.42 Å². The molecule has 1 aliphatic heterocycles. The lowest BCUT2D eigenvalue weighted by Crippen LogP contribution is -2.47. The van der Waals surface area contributed by atoms with E-state index in [1.165, 1.54) is 6.07 Å². The van der Waals surface area contributed by atoms with E-state index in [1.54, 1.807) is 12.1 Å². The Morgan fingerprint density at radius 2 is 2.20 bits per heavy atom. The molecule has 0 bridgehead atoms. The quantitative estimate of drug-likeness (QED) is 0.653. The van der Waals surface area contributed by atoms with Gasteiger partial charge in [0.25, 0.3) is 0 Å². The highest BCUT2D eigenvalue weighted by atomic mass is 35.5. The first-order valence-corrected chi connectivity index (χ1v) is 9.05. The third-order valence-corrected chi connectivity index (χ3v) is 7.47. The lowest BCUT2D eigenvalue weighted by molar-refractivity contribution is 0.505. The minimum atomic E-state index is -0.218. The Bertz CT molecular complexity index is 461. The fourth-order valence-electron chi connectivity index (χ4n) is 2.25. The topological polar surface area (TPSA) is 38.0 Å². The fraction of sp³-hybridized carbons (Fsp3) is 0.571. The molecular weight excluding hydrogens is 315 g/mol. The summed E-state index contributed by atoms with van der Waals surface area (Å²) in [6, 6.07) is 4.72. The molecule has 4 atom stereocenters. The van der Waals surface area contributed by atoms with Gasteiger partial charge in [0, 0.05) is 32.6 Å². The first kappa shape index (κ1) is 16.4. The number of thioether (sulfide) groups is 2. The van der Waals surface area contributed by atoms with Crippen molar-refractivity contribution in [1.29, 1.82) is 0 Å². The average Bonchev–Trinajstić information content (AvgIpc) is 2.43. The molecule has 1 aromatic carbocycles. The third-order valence-electron chi connectivity index (χ3n) is 3.68. The van der Waals surface area contributed by atoms with E-state index in [2.05, 4.69) is 19.3 Å². The highest BCUT2D eigenvalue weighted by Crippen LogP contribution is 2.37. The summed E-state index contributed by atoms with van der Waals surface area (Å²) in [7, 11) is 0. The Kier molecular flexibility index (Phi) is 6.05. The molecule has 0 spiro atoms. The van der Waals surface area contributed by atoms with Crippen LogP contribution >= 0.6 is 35.1 Å². The van der Waals surface area contributed by atoms with E-state index in [9.17, 15) is 4.39 Å². The van der Waals surface area contributed by atoms with Crippen molar-refractivity contribution in [1.82, 2.24) is 5.43 Å². The molecule has 2 rings (SSSR count). The lowest BCUT2D eigenvalue weighted by Gasteiger charge is -2.35. The van der Waals surface area contributed by atoms with Gasteiger partial charge in [0.1, 0.15) is 5.82 Å². The van der Waals surface area contributed by atoms with Crippen LogP contribution in [0.25, 0.3) is 0 Å². The lowest BCUT2D eigenvalue weighted by atomic mass is 10.0. The number of rotatable bonds is 4. The second kappa shape index (κ2) is 7.36. The van der Waals surface area contributed by atoms with Crippen LogP contribution in [0.15, 0.2) is 18.2 Å². The van der Waals surface area contributed by atoms with Crippen LogP contribution in [0.2, 0.25) is 5.02 Å². The average molecular weight is 335 g/mol. The van der Waals surface area contributed by atoms with Crippen molar-refractivity contribution in [2.75, 3.05) is 5.75 Å². The summed E-state index contributed by atoms with van der Waals surface area (Å²) in [5.74, 6) is 6.51. The summed E-state index contributed by atoms with van der Waals surface area (Å²) >= 11 is 9.84. The van der Waals surface area contributed by atoms with Gasteiger partial charge in [-0.2, -0.15) is 23.5 Å². The van der Waals surface area contributed by atoms with E-state index in [4.69, 9.17) is 17.4 Å². The van der Waals surface area contributed by atoms with Crippen LogP contribution in [0.3, 0.4) is 0 Å². The van der Waals surface area contributed by atoms with Crippen molar-refractivity contribution >= 4 is 35.1 Å². The van der Waals surface area contributed by atoms with Gasteiger partial charge in [-0.15, -0.1) is 0 Å². The molecule has 4 unspecified atom stereocenters. The van der Waals surface area contributed by atoms with Crippen LogP contribution in [-0.4, -0.2) is 27.5 Å². The van der Waals surface area contributed by atoms with Gasteiger partial charge in [-0.1, -0.05) is 25.4 Å². The highest BCUT2D eigenvalue weighted by Gasteiger charge is 2.31. The van der Waals surface area contributed by atoms with E-state index in [1.807, 2.05) is 23.5 Å². The summed E-state index contributed by atoms with van der Waals surface area (Å²) in [6.07, 6.45) is 0.558. The van der Waals surface area contributed by atoms with Crippen molar-refractivity contribution in [3.05, 3.63) is 34.6 Å². The maximum absolute atomic E-state index is 13.8. The molecule has 112 valence electrons. The molecule has 3 N–H and O–H groups in total. The predicted molar refractivity (Wildman–Crippen MR) is 89.0 cm³/mol. The minimum absolute atomic E-state index is 0.0513. The highest BCUT2D eigenvalue weighted by molar-refractivity contribution is 8.07. The Morgan fingerprint density at radius 3 is 2.85 bits per heavy atom. The van der Waals surface area contributed by atoms with Crippen LogP contribution < -0.4 is 11.3 Å². The third kappa shape index (κ3) is 4.04. The van der Waals surface area contributed by atoms with Gasteiger partial charge in [-0.3, -0.25) is 11.3 Å². The fourth-order valence-corrected chi connectivity index (χ4v) is 5.56. The van der Waals surface area contributed by atoms with Crippen LogP contribution in [0, 0.1) is 5.82 Å². The molecule has 1 fully saturated rings. The number of halogens is 2. The predicted octanol–water partition coefficient (Wildman–Crippen LogP) is 3.48. The molecule has 0 radical (unpaired) electrons. The van der Waals surface area contributed by atoms with E-state index >= 15 is 0 Å². The number of benzene rings is 1. The smallest absolute Gasteiger partial charge is 0.126 e. The second-order valence-electron chi connectivity index (χ2n) is 5.13. The maximum atomic E-state index is 13.8. The number of nitrogens with two attached hydrogens (primary N) is 1. The Balaban J connectivity index is 2.07. The second-order valence-corrected chi connectivity index (χ2v) is 8.60. The number of nitrogens with one attached hydrogen (secondary N) is 1. The van der Waals surface area contributed by atoms with E-state index in [0.717, 1.165) is 5.75 Å². The standard InChI is InChI=1S/C14H20ClFN2S2/c1-8-9(2)20-14(7-19-8)13(18-17)6-10-5-11(15)3-4-12(10)16/h3-5,8-9,13-14,18H,6-7,17H2,1-2H3. The van der Waals surface area contributed by atoms with Gasteiger partial charge in [0.2, 0.25) is 0 Å². The molecule has 0 aliphatic carbocycles. The van der Waals surface area contributed by atoms with Gasteiger partial charge in [-0.25, -0.2) is 4.39 Å². The summed E-state index contributed by atoms with van der Waals surface area (Å²) in [5.41, 5.74) is 3.48. The maximum Gasteiger partial charge on any atom is 0.126 e. The van der Waals surface area contributed by atoms with E-state index in [0.29, 0.717) is 32.8 Å². The Labute approximate surface area is 133 Å². The molecule has 0 amide bonds. The van der Waals surface area contributed by atoms with Crippen molar-refractivity contribution in [2.24, 2.45) is 5.84 Å². The van der Waals surface area contributed by atoms with E-state index < -0.39 is 0 Å². The molecule has 0 saturated carbocycles. The zero-order valence-corrected chi connectivity index (χ0v) is 14.0. The largest absolute Gasteiger partial charge is 0.271 e. The summed E-state index contributed by atoms with van der Waals surface area (Å²) in [4.78, 5) is 0. The number of hydrogen-bond donors (Lipinski definition) is 2. The van der Waals surface area contributed by atoms with Crippen molar-refractivity contribution in [2.45, 2.75) is 42.1 Å². The number of hydrogen-bond acceptors (Lipinski definition) is 4. The van der Waals surface area contributed by atoms with Gasteiger partial charge in [0.05, 0.1) is 0 Å². The van der Waals surface area contributed by atoms with Crippen LogP contribution in [0.5, 0.6) is 0 Å². The van der Waals surface area contributed by atoms with Crippen LogP contribution in [0.4, 0.5) is 4.39 Å². The Hall–Kier alpha value is 0.0600. The minimum Gasteiger partial charge on any atom is -0.271 e. The number of hydrazine groups is 1. The van der Waals surface area contributed by atoms with Gasteiger partial charge >= 0.3 is 0 Å². The summed E-state index contributed by atoms with van der Waals surface area (Å²) in [5, 5.41) is 2.18. The molecular formula is C14H20ClFN2S2. The molecule has 2 nitrogen and oxygen atoms in total. The molecule has 6 heteroatoms. The zero-order chi connectivity index (χ0) is 14.7. The van der Waals surface area contributed by atoms with Crippen molar-refractivity contribution in [3.8, 4) is 0 Å². The molecule has 1 saturated heterocycles.